The highest BCUT2D eigenvalue weighted by Gasteiger charge is 2.06. The Kier molecular flexibility index (Phi) is 7.62. The van der Waals surface area contributed by atoms with Crippen LogP contribution in [0.25, 0.3) is 0 Å². The minimum absolute atomic E-state index is 0.0321. The van der Waals surface area contributed by atoms with Gasteiger partial charge in [0.25, 0.3) is 0 Å². The van der Waals surface area contributed by atoms with Crippen molar-refractivity contribution in [3.8, 4) is 5.88 Å². The van der Waals surface area contributed by atoms with Crippen molar-refractivity contribution in [2.75, 3.05) is 6.54 Å². The number of rotatable bonds is 9. The second-order valence-electron chi connectivity index (χ2n) is 4.91. The van der Waals surface area contributed by atoms with E-state index in [0.717, 1.165) is 18.5 Å². The summed E-state index contributed by atoms with van der Waals surface area (Å²) in [5.74, 6) is 0.891. The van der Waals surface area contributed by atoms with Gasteiger partial charge in [-0.1, -0.05) is 13.0 Å². The lowest BCUT2D eigenvalue weighted by molar-refractivity contribution is -0.118. The zero-order chi connectivity index (χ0) is 15.0. The Morgan fingerprint density at radius 1 is 1.45 bits per heavy atom. The van der Waals surface area contributed by atoms with Gasteiger partial charge >= 0.3 is 0 Å². The Labute approximate surface area is 126 Å². The van der Waals surface area contributed by atoms with E-state index in [9.17, 15) is 4.79 Å². The molecule has 1 rings (SSSR count). The predicted molar refractivity (Wildman–Crippen MR) is 84.4 cm³/mol. The van der Waals surface area contributed by atoms with Gasteiger partial charge in [0.1, 0.15) is 11.9 Å². The van der Waals surface area contributed by atoms with Gasteiger partial charge in [0.2, 0.25) is 5.88 Å². The minimum atomic E-state index is 0.0321. The average Bonchev–Trinajstić information content (AvgIpc) is 2.44. The van der Waals surface area contributed by atoms with E-state index >= 15 is 0 Å². The molecular weight excluding hydrogens is 272 g/mol. The summed E-state index contributed by atoms with van der Waals surface area (Å²) in [6.45, 7) is 6.57. The Hall–Kier alpha value is -1.07. The summed E-state index contributed by atoms with van der Waals surface area (Å²) in [6.07, 6.45) is 3.74. The van der Waals surface area contributed by atoms with E-state index in [0.29, 0.717) is 18.7 Å². The third kappa shape index (κ3) is 6.91. The van der Waals surface area contributed by atoms with Crippen molar-refractivity contribution in [1.82, 2.24) is 10.3 Å². The standard InChI is InChI=1S/C15H24N2O2S/c1-4-14(18)7-5-13-6-8-15(17-10-13)19-11(2)9-16-12(3)20/h6,8,10-12,16,20H,4-5,7,9H2,1-3H3/t11-,12?/m0/s1. The number of nitrogens with zero attached hydrogens (tertiary/aromatic N) is 1. The molecule has 1 N–H and O–H groups in total. The van der Waals surface area contributed by atoms with Crippen LogP contribution in [0.4, 0.5) is 0 Å². The van der Waals surface area contributed by atoms with Crippen molar-refractivity contribution in [3.05, 3.63) is 23.9 Å². The highest BCUT2D eigenvalue weighted by molar-refractivity contribution is 7.80. The molecule has 112 valence electrons. The predicted octanol–water partition coefficient (Wildman–Crippen LogP) is 2.63. The monoisotopic (exact) mass is 296 g/mol. The number of Topliss-reactive ketones (excluding diaryl/α,β-unsaturated/α-hetero) is 1. The number of hydrogen-bond acceptors (Lipinski definition) is 5. The molecule has 1 unspecified atom stereocenters. The highest BCUT2D eigenvalue weighted by atomic mass is 32.1. The first kappa shape index (κ1) is 17.0. The number of ether oxygens (including phenoxy) is 1. The van der Waals surface area contributed by atoms with Crippen molar-refractivity contribution in [1.29, 1.82) is 0 Å². The number of carbonyl (C=O) groups is 1. The summed E-state index contributed by atoms with van der Waals surface area (Å²) in [4.78, 5) is 15.5. The maximum atomic E-state index is 11.3. The molecule has 1 aromatic heterocycles. The number of aromatic nitrogens is 1. The van der Waals surface area contributed by atoms with Crippen LogP contribution in [0.3, 0.4) is 0 Å². The van der Waals surface area contributed by atoms with E-state index in [2.05, 4.69) is 22.9 Å². The topological polar surface area (TPSA) is 51.2 Å². The molecule has 0 aliphatic rings. The number of hydrogen-bond donors (Lipinski definition) is 2. The molecule has 0 amide bonds. The van der Waals surface area contributed by atoms with Gasteiger partial charge in [0.15, 0.2) is 0 Å². The second-order valence-corrected chi connectivity index (χ2v) is 5.68. The molecule has 1 aromatic rings. The van der Waals surface area contributed by atoms with Gasteiger partial charge in [-0.05, 0) is 25.8 Å². The van der Waals surface area contributed by atoms with Gasteiger partial charge in [-0.3, -0.25) is 4.79 Å². The molecule has 0 aliphatic carbocycles. The lowest BCUT2D eigenvalue weighted by atomic mass is 10.1. The first-order valence-corrected chi connectivity index (χ1v) is 7.57. The lowest BCUT2D eigenvalue weighted by Gasteiger charge is -2.16. The largest absolute Gasteiger partial charge is 0.473 e. The summed E-state index contributed by atoms with van der Waals surface area (Å²) in [5.41, 5.74) is 1.06. The molecule has 0 fully saturated rings. The van der Waals surface area contributed by atoms with Gasteiger partial charge in [0.05, 0.1) is 0 Å². The number of nitrogens with one attached hydrogen (secondary N) is 1. The Morgan fingerprint density at radius 3 is 2.75 bits per heavy atom. The average molecular weight is 296 g/mol. The smallest absolute Gasteiger partial charge is 0.213 e. The van der Waals surface area contributed by atoms with Gasteiger partial charge in [0, 0.05) is 37.0 Å². The summed E-state index contributed by atoms with van der Waals surface area (Å²) in [7, 11) is 0. The van der Waals surface area contributed by atoms with E-state index in [-0.39, 0.29) is 17.3 Å². The number of pyridine rings is 1. The number of aryl methyl sites for hydroxylation is 1. The maximum Gasteiger partial charge on any atom is 0.213 e. The Balaban J connectivity index is 2.40. The molecular formula is C15H24N2O2S. The molecule has 0 aromatic carbocycles. The Bertz CT molecular complexity index is 407. The molecule has 20 heavy (non-hydrogen) atoms. The molecule has 0 saturated carbocycles. The maximum absolute atomic E-state index is 11.3. The van der Waals surface area contributed by atoms with Crippen LogP contribution in [0.1, 0.15) is 39.2 Å². The molecule has 2 atom stereocenters. The van der Waals surface area contributed by atoms with Gasteiger partial charge in [-0.2, -0.15) is 12.6 Å². The molecule has 0 spiro atoms. The van der Waals surface area contributed by atoms with E-state index < -0.39 is 0 Å². The summed E-state index contributed by atoms with van der Waals surface area (Å²) in [5, 5.41) is 3.34. The molecule has 5 heteroatoms. The zero-order valence-corrected chi connectivity index (χ0v) is 13.3. The van der Waals surface area contributed by atoms with Crippen LogP contribution in [0.2, 0.25) is 0 Å². The van der Waals surface area contributed by atoms with Gasteiger partial charge in [-0.25, -0.2) is 4.98 Å². The minimum Gasteiger partial charge on any atom is -0.473 e. The van der Waals surface area contributed by atoms with Crippen LogP contribution in [-0.4, -0.2) is 28.8 Å². The molecule has 1 heterocycles. The van der Waals surface area contributed by atoms with Gasteiger partial charge in [-0.15, -0.1) is 0 Å². The summed E-state index contributed by atoms with van der Waals surface area (Å²) < 4.78 is 5.69. The van der Waals surface area contributed by atoms with Crippen LogP contribution in [0.15, 0.2) is 18.3 Å². The molecule has 0 saturated heterocycles. The van der Waals surface area contributed by atoms with Crippen LogP contribution in [0.5, 0.6) is 5.88 Å². The van der Waals surface area contributed by atoms with E-state index in [4.69, 9.17) is 4.74 Å². The number of ketones is 1. The lowest BCUT2D eigenvalue weighted by Crippen LogP contribution is -2.32. The van der Waals surface area contributed by atoms with E-state index in [1.807, 2.05) is 32.9 Å². The van der Waals surface area contributed by atoms with Gasteiger partial charge < -0.3 is 10.1 Å². The summed E-state index contributed by atoms with van der Waals surface area (Å²) >= 11 is 4.25. The SMILES string of the molecule is CCC(=O)CCc1ccc(O[C@@H](C)CNC(C)S)nc1. The first-order chi connectivity index (χ1) is 9.51. The molecule has 0 aliphatic heterocycles. The van der Waals surface area contributed by atoms with Crippen molar-refractivity contribution >= 4 is 18.4 Å². The normalized spacial score (nSPS) is 13.8. The summed E-state index contributed by atoms with van der Waals surface area (Å²) in [6, 6.07) is 3.82. The van der Waals surface area contributed by atoms with Crippen LogP contribution < -0.4 is 10.1 Å². The third-order valence-electron chi connectivity index (χ3n) is 2.91. The van der Waals surface area contributed by atoms with Crippen LogP contribution in [-0.2, 0) is 11.2 Å². The van der Waals surface area contributed by atoms with Crippen molar-refractivity contribution in [3.63, 3.8) is 0 Å². The number of carbonyl (C=O) groups excluding carboxylic acids is 1. The molecule has 0 radical (unpaired) electrons. The van der Waals surface area contributed by atoms with Crippen LogP contribution in [0, 0.1) is 0 Å². The quantitative estimate of drug-likeness (QED) is 0.543. The van der Waals surface area contributed by atoms with E-state index in [1.165, 1.54) is 0 Å². The van der Waals surface area contributed by atoms with E-state index in [1.54, 1.807) is 6.20 Å². The number of thiol groups is 1. The molecule has 4 nitrogen and oxygen atoms in total. The first-order valence-electron chi connectivity index (χ1n) is 7.06. The fourth-order valence-electron chi connectivity index (χ4n) is 1.67. The Morgan fingerprint density at radius 2 is 2.20 bits per heavy atom. The van der Waals surface area contributed by atoms with Crippen LogP contribution >= 0.6 is 12.6 Å². The highest BCUT2D eigenvalue weighted by Crippen LogP contribution is 2.11. The zero-order valence-electron chi connectivity index (χ0n) is 12.4. The third-order valence-corrected chi connectivity index (χ3v) is 3.09. The fraction of sp³-hybridized carbons (Fsp3) is 0.600. The fourth-order valence-corrected chi connectivity index (χ4v) is 1.78. The van der Waals surface area contributed by atoms with Crippen molar-refractivity contribution < 1.29 is 9.53 Å². The van der Waals surface area contributed by atoms with Crippen molar-refractivity contribution in [2.45, 2.75) is 51.5 Å². The second kappa shape index (κ2) is 8.97. The molecule has 0 bridgehead atoms. The van der Waals surface area contributed by atoms with Crippen molar-refractivity contribution in [2.24, 2.45) is 0 Å².